The van der Waals surface area contributed by atoms with Crippen LogP contribution >= 0.6 is 0 Å². The van der Waals surface area contributed by atoms with E-state index in [-0.39, 0.29) is 0 Å². The number of hydrogen-bond donors (Lipinski definition) is 1. The van der Waals surface area contributed by atoms with Crippen LogP contribution in [0.25, 0.3) is 6.08 Å². The van der Waals surface area contributed by atoms with Gasteiger partial charge in [-0.3, -0.25) is 10.00 Å². The number of para-hydroxylation sites is 1. The molecule has 0 radical (unpaired) electrons. The molecule has 4 nitrogen and oxygen atoms in total. The van der Waals surface area contributed by atoms with Crippen LogP contribution < -0.4 is 4.74 Å². The number of aromatic nitrogens is 2. The summed E-state index contributed by atoms with van der Waals surface area (Å²) < 4.78 is 5.37. The number of nitrogens with zero attached hydrogens (tertiary/aromatic N) is 2. The SMILES string of the molecule is COc1ccccc1C=CCN1CCC(c2ccn[nH]2)CC1. The van der Waals surface area contributed by atoms with Gasteiger partial charge in [0.25, 0.3) is 0 Å². The van der Waals surface area contributed by atoms with Gasteiger partial charge >= 0.3 is 0 Å². The van der Waals surface area contributed by atoms with Crippen molar-refractivity contribution in [2.45, 2.75) is 18.8 Å². The maximum absolute atomic E-state index is 5.37. The number of piperidine rings is 1. The maximum atomic E-state index is 5.37. The molecule has 1 aromatic heterocycles. The van der Waals surface area contributed by atoms with Crippen molar-refractivity contribution in [1.82, 2.24) is 15.1 Å². The molecule has 1 aromatic carbocycles. The molecule has 0 amide bonds. The van der Waals surface area contributed by atoms with Gasteiger partial charge in [-0.25, -0.2) is 0 Å². The number of rotatable bonds is 5. The summed E-state index contributed by atoms with van der Waals surface area (Å²) in [6.45, 7) is 3.27. The van der Waals surface area contributed by atoms with Gasteiger partial charge in [-0.2, -0.15) is 5.10 Å². The van der Waals surface area contributed by atoms with Crippen LogP contribution in [0.3, 0.4) is 0 Å². The first-order chi connectivity index (χ1) is 10.9. The smallest absolute Gasteiger partial charge is 0.126 e. The van der Waals surface area contributed by atoms with Crippen LogP contribution in [0.4, 0.5) is 0 Å². The lowest BCUT2D eigenvalue weighted by atomic mass is 9.94. The number of methoxy groups -OCH3 is 1. The summed E-state index contributed by atoms with van der Waals surface area (Å²) in [7, 11) is 1.72. The van der Waals surface area contributed by atoms with Gasteiger partial charge in [0.2, 0.25) is 0 Å². The Balaban J connectivity index is 1.50. The summed E-state index contributed by atoms with van der Waals surface area (Å²) in [4.78, 5) is 2.50. The average Bonchev–Trinajstić information content (AvgIpc) is 3.10. The van der Waals surface area contributed by atoms with Crippen LogP contribution in [-0.4, -0.2) is 41.8 Å². The third-order valence-corrected chi connectivity index (χ3v) is 4.35. The molecule has 0 atom stereocenters. The van der Waals surface area contributed by atoms with Crippen LogP contribution in [-0.2, 0) is 0 Å². The Bertz CT molecular complexity index is 599. The molecule has 2 heterocycles. The van der Waals surface area contributed by atoms with Crippen molar-refractivity contribution in [2.24, 2.45) is 0 Å². The van der Waals surface area contributed by atoms with Crippen LogP contribution in [0.15, 0.2) is 42.6 Å². The van der Waals surface area contributed by atoms with Crippen LogP contribution in [0.2, 0.25) is 0 Å². The number of ether oxygens (including phenoxy) is 1. The summed E-state index contributed by atoms with van der Waals surface area (Å²) in [5, 5.41) is 7.16. The van der Waals surface area contributed by atoms with Crippen LogP contribution in [0.1, 0.15) is 30.0 Å². The zero-order chi connectivity index (χ0) is 15.2. The highest BCUT2D eigenvalue weighted by Crippen LogP contribution is 2.26. The molecule has 3 rings (SSSR count). The predicted molar refractivity (Wildman–Crippen MR) is 89.0 cm³/mol. The molecule has 1 aliphatic heterocycles. The van der Waals surface area contributed by atoms with E-state index in [1.807, 2.05) is 24.4 Å². The summed E-state index contributed by atoms with van der Waals surface area (Å²) in [5.74, 6) is 1.56. The summed E-state index contributed by atoms with van der Waals surface area (Å²) in [6, 6.07) is 10.2. The van der Waals surface area contributed by atoms with Gasteiger partial charge in [0.05, 0.1) is 7.11 Å². The van der Waals surface area contributed by atoms with E-state index < -0.39 is 0 Å². The van der Waals surface area contributed by atoms with E-state index >= 15 is 0 Å². The Morgan fingerprint density at radius 1 is 1.27 bits per heavy atom. The van der Waals surface area contributed by atoms with E-state index in [1.54, 1.807) is 7.11 Å². The van der Waals surface area contributed by atoms with Gasteiger partial charge in [-0.05, 0) is 38.1 Å². The Morgan fingerprint density at radius 2 is 2.09 bits per heavy atom. The molecule has 1 saturated heterocycles. The standard InChI is InChI=1S/C18H23N3O/c1-22-18-7-3-2-5-16(18)6-4-12-21-13-9-15(10-14-21)17-8-11-19-20-17/h2-8,11,15H,9-10,12-14H2,1H3,(H,19,20). The Labute approximate surface area is 131 Å². The molecular formula is C18H23N3O. The average molecular weight is 297 g/mol. The van der Waals surface area contributed by atoms with Crippen molar-refractivity contribution in [2.75, 3.05) is 26.7 Å². The third kappa shape index (κ3) is 3.57. The minimum Gasteiger partial charge on any atom is -0.496 e. The fourth-order valence-electron chi connectivity index (χ4n) is 3.05. The number of nitrogens with one attached hydrogen (secondary N) is 1. The van der Waals surface area contributed by atoms with Crippen molar-refractivity contribution in [3.63, 3.8) is 0 Å². The van der Waals surface area contributed by atoms with E-state index in [1.165, 1.54) is 18.5 Å². The lowest BCUT2D eigenvalue weighted by molar-refractivity contribution is 0.231. The Kier molecular flexibility index (Phi) is 4.91. The van der Waals surface area contributed by atoms with E-state index in [2.05, 4.69) is 39.4 Å². The Morgan fingerprint density at radius 3 is 2.82 bits per heavy atom. The molecular weight excluding hydrogens is 274 g/mol. The van der Waals surface area contributed by atoms with E-state index in [9.17, 15) is 0 Å². The van der Waals surface area contributed by atoms with E-state index in [4.69, 9.17) is 4.74 Å². The predicted octanol–water partition coefficient (Wildman–Crippen LogP) is 3.31. The minimum absolute atomic E-state index is 0.636. The number of hydrogen-bond acceptors (Lipinski definition) is 3. The van der Waals surface area contributed by atoms with Crippen LogP contribution in [0, 0.1) is 0 Å². The fraction of sp³-hybridized carbons (Fsp3) is 0.389. The van der Waals surface area contributed by atoms with Crippen LogP contribution in [0.5, 0.6) is 5.75 Å². The monoisotopic (exact) mass is 297 g/mol. The molecule has 116 valence electrons. The molecule has 1 N–H and O–H groups in total. The second kappa shape index (κ2) is 7.27. The third-order valence-electron chi connectivity index (χ3n) is 4.35. The van der Waals surface area contributed by atoms with Gasteiger partial charge in [0.15, 0.2) is 0 Å². The van der Waals surface area contributed by atoms with Crippen molar-refractivity contribution < 1.29 is 4.74 Å². The van der Waals surface area contributed by atoms with Gasteiger partial charge in [0, 0.05) is 29.9 Å². The number of H-pyrrole nitrogens is 1. The summed E-state index contributed by atoms with van der Waals surface area (Å²) >= 11 is 0. The van der Waals surface area contributed by atoms with Gasteiger partial charge in [0.1, 0.15) is 5.75 Å². The molecule has 0 aliphatic carbocycles. The highest BCUT2D eigenvalue weighted by atomic mass is 16.5. The zero-order valence-corrected chi connectivity index (χ0v) is 13.0. The topological polar surface area (TPSA) is 41.1 Å². The molecule has 1 fully saturated rings. The zero-order valence-electron chi connectivity index (χ0n) is 13.0. The molecule has 0 bridgehead atoms. The largest absolute Gasteiger partial charge is 0.496 e. The quantitative estimate of drug-likeness (QED) is 0.920. The first-order valence-corrected chi connectivity index (χ1v) is 7.88. The van der Waals surface area contributed by atoms with Crippen molar-refractivity contribution >= 4 is 6.08 Å². The highest BCUT2D eigenvalue weighted by molar-refractivity contribution is 5.57. The minimum atomic E-state index is 0.636. The lowest BCUT2D eigenvalue weighted by Gasteiger charge is -2.30. The second-order valence-electron chi connectivity index (χ2n) is 5.73. The molecule has 4 heteroatoms. The van der Waals surface area contributed by atoms with Gasteiger partial charge in [-0.1, -0.05) is 30.4 Å². The number of likely N-dealkylation sites (tertiary alicyclic amines) is 1. The summed E-state index contributed by atoms with van der Waals surface area (Å²) in [6.07, 6.45) is 8.63. The number of aromatic amines is 1. The van der Waals surface area contributed by atoms with E-state index in [0.29, 0.717) is 5.92 Å². The van der Waals surface area contributed by atoms with Gasteiger partial charge in [-0.15, -0.1) is 0 Å². The first kappa shape index (κ1) is 14.9. The molecule has 22 heavy (non-hydrogen) atoms. The number of benzene rings is 1. The van der Waals surface area contributed by atoms with Gasteiger partial charge < -0.3 is 4.74 Å². The highest BCUT2D eigenvalue weighted by Gasteiger charge is 2.20. The van der Waals surface area contributed by atoms with Crippen molar-refractivity contribution in [3.8, 4) is 5.75 Å². The molecule has 1 aliphatic rings. The molecule has 0 spiro atoms. The first-order valence-electron chi connectivity index (χ1n) is 7.88. The lowest BCUT2D eigenvalue weighted by Crippen LogP contribution is -2.33. The molecule has 0 saturated carbocycles. The maximum Gasteiger partial charge on any atom is 0.126 e. The normalized spacial score (nSPS) is 17.1. The fourth-order valence-corrected chi connectivity index (χ4v) is 3.05. The Hall–Kier alpha value is -2.07. The molecule has 0 unspecified atom stereocenters. The second-order valence-corrected chi connectivity index (χ2v) is 5.73. The van der Waals surface area contributed by atoms with E-state index in [0.717, 1.165) is 30.9 Å². The van der Waals surface area contributed by atoms with Crippen molar-refractivity contribution in [1.29, 1.82) is 0 Å². The molecule has 2 aromatic rings. The van der Waals surface area contributed by atoms with Crippen molar-refractivity contribution in [3.05, 3.63) is 53.9 Å². The summed E-state index contributed by atoms with van der Waals surface area (Å²) in [5.41, 5.74) is 2.42.